The van der Waals surface area contributed by atoms with E-state index < -0.39 is 0 Å². The van der Waals surface area contributed by atoms with Crippen molar-refractivity contribution >= 4 is 5.52 Å². The minimum atomic E-state index is 0.412. The van der Waals surface area contributed by atoms with Crippen LogP contribution in [0.5, 0.6) is 0 Å². The van der Waals surface area contributed by atoms with Gasteiger partial charge in [-0.25, -0.2) is 4.98 Å². The Balaban J connectivity index is 2.16. The Bertz CT molecular complexity index is 500. The lowest BCUT2D eigenvalue weighted by atomic mass is 10.1. The third-order valence-electron chi connectivity index (χ3n) is 3.16. The zero-order valence-corrected chi connectivity index (χ0v) is 9.10. The molecule has 1 unspecified atom stereocenters. The van der Waals surface area contributed by atoms with Gasteiger partial charge in [0, 0.05) is 24.8 Å². The van der Waals surface area contributed by atoms with Crippen LogP contribution in [-0.4, -0.2) is 22.6 Å². The molecule has 0 spiro atoms. The van der Waals surface area contributed by atoms with Crippen molar-refractivity contribution in [3.63, 3.8) is 0 Å². The number of hydrogen-bond donors (Lipinski definition) is 1. The first-order chi connectivity index (χ1) is 7.90. The Labute approximate surface area is 94.0 Å². The van der Waals surface area contributed by atoms with E-state index >= 15 is 0 Å². The number of pyridine rings is 1. The quantitative estimate of drug-likeness (QED) is 0.824. The first-order valence-corrected chi connectivity index (χ1v) is 5.63. The van der Waals surface area contributed by atoms with Crippen LogP contribution in [0.1, 0.15) is 23.9 Å². The van der Waals surface area contributed by atoms with E-state index in [4.69, 9.17) is 10.5 Å². The molecule has 1 fully saturated rings. The fourth-order valence-corrected chi connectivity index (χ4v) is 2.33. The smallest absolute Gasteiger partial charge is 0.119 e. The van der Waals surface area contributed by atoms with Crippen LogP contribution in [0.2, 0.25) is 0 Å². The van der Waals surface area contributed by atoms with Crippen LogP contribution in [0, 0.1) is 0 Å². The van der Waals surface area contributed by atoms with E-state index in [0.717, 1.165) is 36.7 Å². The SMILES string of the molecule is NCc1cccc2cnc(C3CCOC3)n12. The van der Waals surface area contributed by atoms with Gasteiger partial charge in [0.15, 0.2) is 0 Å². The summed E-state index contributed by atoms with van der Waals surface area (Å²) in [6, 6.07) is 6.13. The molecule has 0 amide bonds. The third-order valence-corrected chi connectivity index (χ3v) is 3.16. The fraction of sp³-hybridized carbons (Fsp3) is 0.417. The molecular formula is C12H15N3O. The summed E-state index contributed by atoms with van der Waals surface area (Å²) in [5.41, 5.74) is 7.99. The summed E-state index contributed by atoms with van der Waals surface area (Å²) < 4.78 is 7.58. The number of nitrogens with zero attached hydrogens (tertiary/aromatic N) is 2. The van der Waals surface area contributed by atoms with Crippen molar-refractivity contribution in [1.29, 1.82) is 0 Å². The highest BCUT2D eigenvalue weighted by molar-refractivity contribution is 5.48. The van der Waals surface area contributed by atoms with E-state index in [1.807, 2.05) is 18.3 Å². The molecule has 0 bridgehead atoms. The highest BCUT2D eigenvalue weighted by Crippen LogP contribution is 2.25. The minimum Gasteiger partial charge on any atom is -0.381 e. The van der Waals surface area contributed by atoms with Gasteiger partial charge in [0.05, 0.1) is 18.3 Å². The van der Waals surface area contributed by atoms with Crippen LogP contribution in [0.4, 0.5) is 0 Å². The summed E-state index contributed by atoms with van der Waals surface area (Å²) in [6.45, 7) is 2.15. The highest BCUT2D eigenvalue weighted by atomic mass is 16.5. The van der Waals surface area contributed by atoms with Crippen molar-refractivity contribution < 1.29 is 4.74 Å². The van der Waals surface area contributed by atoms with E-state index in [1.54, 1.807) is 0 Å². The number of fused-ring (bicyclic) bond motifs is 1. The monoisotopic (exact) mass is 217 g/mol. The lowest BCUT2D eigenvalue weighted by Crippen LogP contribution is -2.10. The van der Waals surface area contributed by atoms with E-state index in [0.29, 0.717) is 12.5 Å². The number of rotatable bonds is 2. The molecule has 2 N–H and O–H groups in total. The normalized spacial score (nSPS) is 20.7. The molecule has 1 aliphatic heterocycles. The first-order valence-electron chi connectivity index (χ1n) is 5.63. The Morgan fingerprint density at radius 2 is 2.44 bits per heavy atom. The maximum atomic E-state index is 5.76. The average molecular weight is 217 g/mol. The second-order valence-corrected chi connectivity index (χ2v) is 4.16. The van der Waals surface area contributed by atoms with E-state index in [9.17, 15) is 0 Å². The molecule has 4 nitrogen and oxygen atoms in total. The molecule has 4 heteroatoms. The van der Waals surface area contributed by atoms with Crippen LogP contribution in [-0.2, 0) is 11.3 Å². The van der Waals surface area contributed by atoms with Crippen LogP contribution in [0.25, 0.3) is 5.52 Å². The first kappa shape index (κ1) is 9.81. The van der Waals surface area contributed by atoms with Crippen molar-refractivity contribution in [2.75, 3.05) is 13.2 Å². The minimum absolute atomic E-state index is 0.412. The lowest BCUT2D eigenvalue weighted by molar-refractivity contribution is 0.193. The molecule has 2 aromatic rings. The molecule has 1 atom stereocenters. The van der Waals surface area contributed by atoms with Gasteiger partial charge in [-0.1, -0.05) is 6.07 Å². The molecule has 0 radical (unpaired) electrons. The highest BCUT2D eigenvalue weighted by Gasteiger charge is 2.22. The zero-order chi connectivity index (χ0) is 11.0. The molecule has 3 rings (SSSR count). The number of aromatic nitrogens is 2. The van der Waals surface area contributed by atoms with Gasteiger partial charge < -0.3 is 10.5 Å². The van der Waals surface area contributed by atoms with Crippen LogP contribution in [0.3, 0.4) is 0 Å². The van der Waals surface area contributed by atoms with Gasteiger partial charge in [0.2, 0.25) is 0 Å². The summed E-state index contributed by atoms with van der Waals surface area (Å²) in [5.74, 6) is 1.50. The summed E-state index contributed by atoms with van der Waals surface area (Å²) in [7, 11) is 0. The molecule has 0 aromatic carbocycles. The van der Waals surface area contributed by atoms with Gasteiger partial charge in [-0.05, 0) is 18.6 Å². The fourth-order valence-electron chi connectivity index (χ4n) is 2.33. The van der Waals surface area contributed by atoms with Gasteiger partial charge in [0.1, 0.15) is 5.82 Å². The predicted molar refractivity (Wildman–Crippen MR) is 61.3 cm³/mol. The summed E-state index contributed by atoms with van der Waals surface area (Å²) in [4.78, 5) is 4.51. The average Bonchev–Trinajstić information content (AvgIpc) is 2.96. The molecular weight excluding hydrogens is 202 g/mol. The van der Waals surface area contributed by atoms with E-state index in [-0.39, 0.29) is 0 Å². The lowest BCUT2D eigenvalue weighted by Gasteiger charge is -2.10. The molecule has 0 saturated carbocycles. The second-order valence-electron chi connectivity index (χ2n) is 4.16. The Kier molecular flexibility index (Phi) is 2.38. The number of imidazole rings is 1. The Hall–Kier alpha value is -1.39. The topological polar surface area (TPSA) is 52.5 Å². The van der Waals surface area contributed by atoms with Crippen molar-refractivity contribution in [2.24, 2.45) is 5.73 Å². The van der Waals surface area contributed by atoms with Crippen LogP contribution >= 0.6 is 0 Å². The predicted octanol–water partition coefficient (Wildman–Crippen LogP) is 1.30. The summed E-state index contributed by atoms with van der Waals surface area (Å²) in [6.07, 6.45) is 2.96. The molecule has 0 aliphatic carbocycles. The second kappa shape index (κ2) is 3.88. The van der Waals surface area contributed by atoms with Crippen LogP contribution in [0.15, 0.2) is 24.4 Å². The molecule has 84 valence electrons. The van der Waals surface area contributed by atoms with Gasteiger partial charge in [-0.2, -0.15) is 0 Å². The number of hydrogen-bond acceptors (Lipinski definition) is 3. The van der Waals surface area contributed by atoms with Gasteiger partial charge >= 0.3 is 0 Å². The molecule has 3 heterocycles. The number of nitrogens with two attached hydrogens (primary N) is 1. The summed E-state index contributed by atoms with van der Waals surface area (Å²) >= 11 is 0. The maximum Gasteiger partial charge on any atom is 0.119 e. The Morgan fingerprint density at radius 1 is 1.50 bits per heavy atom. The van der Waals surface area contributed by atoms with Crippen molar-refractivity contribution in [1.82, 2.24) is 9.38 Å². The largest absolute Gasteiger partial charge is 0.381 e. The van der Waals surface area contributed by atoms with Crippen molar-refractivity contribution in [2.45, 2.75) is 18.9 Å². The Morgan fingerprint density at radius 3 is 3.19 bits per heavy atom. The number of ether oxygens (including phenoxy) is 1. The summed E-state index contributed by atoms with van der Waals surface area (Å²) in [5, 5.41) is 0. The van der Waals surface area contributed by atoms with Crippen LogP contribution < -0.4 is 5.73 Å². The molecule has 1 saturated heterocycles. The molecule has 16 heavy (non-hydrogen) atoms. The van der Waals surface area contributed by atoms with Crippen molar-refractivity contribution in [3.8, 4) is 0 Å². The standard InChI is InChI=1S/C12H15N3O/c13-6-10-2-1-3-11-7-14-12(15(10)11)9-4-5-16-8-9/h1-3,7,9H,4-6,8,13H2. The van der Waals surface area contributed by atoms with Crippen molar-refractivity contribution in [3.05, 3.63) is 35.9 Å². The van der Waals surface area contributed by atoms with E-state index in [2.05, 4.69) is 15.5 Å². The molecule has 2 aromatic heterocycles. The van der Waals surface area contributed by atoms with Gasteiger partial charge in [0.25, 0.3) is 0 Å². The molecule has 1 aliphatic rings. The maximum absolute atomic E-state index is 5.76. The zero-order valence-electron chi connectivity index (χ0n) is 9.10. The van der Waals surface area contributed by atoms with E-state index in [1.165, 1.54) is 0 Å². The third kappa shape index (κ3) is 1.42. The van der Waals surface area contributed by atoms with Gasteiger partial charge in [-0.15, -0.1) is 0 Å². The van der Waals surface area contributed by atoms with Gasteiger partial charge in [-0.3, -0.25) is 4.40 Å².